The molecule has 2 heterocycles. The van der Waals surface area contributed by atoms with Gasteiger partial charge in [-0.3, -0.25) is 9.89 Å². The third-order valence-electron chi connectivity index (χ3n) is 6.16. The van der Waals surface area contributed by atoms with Crippen molar-refractivity contribution < 1.29 is 9.53 Å². The summed E-state index contributed by atoms with van der Waals surface area (Å²) in [6.45, 7) is 4.74. The van der Waals surface area contributed by atoms with E-state index in [1.54, 1.807) is 7.11 Å². The highest BCUT2D eigenvalue weighted by Crippen LogP contribution is 2.27. The maximum atomic E-state index is 12.7. The molecular formula is C23H33N7O2. The number of benzene rings is 1. The van der Waals surface area contributed by atoms with Crippen LogP contribution in [-0.2, 0) is 11.3 Å². The summed E-state index contributed by atoms with van der Waals surface area (Å²) in [5.41, 5.74) is 0.917. The van der Waals surface area contributed by atoms with Gasteiger partial charge in [-0.2, -0.15) is 5.10 Å². The summed E-state index contributed by atoms with van der Waals surface area (Å²) in [4.78, 5) is 23.9. The number of nitrogens with zero attached hydrogens (tertiary/aromatic N) is 4. The van der Waals surface area contributed by atoms with Gasteiger partial charge in [-0.15, -0.1) is 0 Å². The monoisotopic (exact) mass is 439 g/mol. The number of amides is 1. The Labute approximate surface area is 189 Å². The van der Waals surface area contributed by atoms with Crippen molar-refractivity contribution in [2.75, 3.05) is 26.7 Å². The molecule has 1 saturated heterocycles. The minimum absolute atomic E-state index is 0.211. The van der Waals surface area contributed by atoms with Crippen LogP contribution in [0.15, 0.2) is 29.3 Å². The van der Waals surface area contributed by atoms with E-state index in [1.165, 1.54) is 12.8 Å². The Hall–Kier alpha value is -3.10. The van der Waals surface area contributed by atoms with Gasteiger partial charge in [-0.1, -0.05) is 12.8 Å². The van der Waals surface area contributed by atoms with E-state index in [0.29, 0.717) is 24.1 Å². The standard InChI is InChI=1S/C23H33N7O2/c1-3-24-23(26-18-12-13-30(15-18)22(31)17-6-4-5-7-17)25-14-20-27-21(29-28-20)16-8-10-19(32-2)11-9-16/h8-11,17-18H,3-7,12-15H2,1-2H3,(H2,24,25,26)(H,27,28,29). The molecule has 1 unspecified atom stereocenters. The summed E-state index contributed by atoms with van der Waals surface area (Å²) in [6.07, 6.45) is 5.41. The number of aromatic amines is 1. The van der Waals surface area contributed by atoms with Gasteiger partial charge in [0.1, 0.15) is 18.1 Å². The van der Waals surface area contributed by atoms with Gasteiger partial charge in [-0.05, 0) is 50.5 Å². The van der Waals surface area contributed by atoms with Crippen LogP contribution in [0.2, 0.25) is 0 Å². The number of H-pyrrole nitrogens is 1. The smallest absolute Gasteiger partial charge is 0.225 e. The summed E-state index contributed by atoms with van der Waals surface area (Å²) < 4.78 is 5.20. The molecule has 32 heavy (non-hydrogen) atoms. The first-order valence-electron chi connectivity index (χ1n) is 11.6. The van der Waals surface area contributed by atoms with Crippen molar-refractivity contribution >= 4 is 11.9 Å². The Morgan fingerprint density at radius 3 is 2.75 bits per heavy atom. The van der Waals surface area contributed by atoms with Crippen molar-refractivity contribution in [1.29, 1.82) is 0 Å². The number of hydrogen-bond donors (Lipinski definition) is 3. The predicted molar refractivity (Wildman–Crippen MR) is 123 cm³/mol. The molecule has 1 aliphatic carbocycles. The lowest BCUT2D eigenvalue weighted by atomic mass is 10.1. The van der Waals surface area contributed by atoms with Crippen LogP contribution in [-0.4, -0.2) is 64.7 Å². The first-order chi connectivity index (χ1) is 15.7. The number of nitrogens with one attached hydrogen (secondary N) is 3. The maximum Gasteiger partial charge on any atom is 0.225 e. The number of aliphatic imine (C=N–C) groups is 1. The molecular weight excluding hydrogens is 406 g/mol. The Morgan fingerprint density at radius 1 is 1.25 bits per heavy atom. The number of rotatable bonds is 7. The summed E-state index contributed by atoms with van der Waals surface area (Å²) in [7, 11) is 1.64. The second kappa shape index (κ2) is 10.5. The predicted octanol–water partition coefficient (Wildman–Crippen LogP) is 2.33. The fraction of sp³-hybridized carbons (Fsp3) is 0.565. The first kappa shape index (κ1) is 22.1. The van der Waals surface area contributed by atoms with Gasteiger partial charge >= 0.3 is 0 Å². The number of hydrogen-bond acceptors (Lipinski definition) is 5. The third-order valence-corrected chi connectivity index (χ3v) is 6.16. The van der Waals surface area contributed by atoms with Gasteiger partial charge < -0.3 is 20.3 Å². The zero-order valence-electron chi connectivity index (χ0n) is 18.9. The van der Waals surface area contributed by atoms with E-state index < -0.39 is 0 Å². The molecule has 0 spiro atoms. The van der Waals surface area contributed by atoms with Gasteiger partial charge in [0.25, 0.3) is 0 Å². The third kappa shape index (κ3) is 5.38. The number of guanidine groups is 1. The van der Waals surface area contributed by atoms with Gasteiger partial charge in [0.05, 0.1) is 7.11 Å². The lowest BCUT2D eigenvalue weighted by molar-refractivity contribution is -0.134. The normalized spacial score (nSPS) is 19.4. The SMILES string of the molecule is CCNC(=NCc1nc(-c2ccc(OC)cc2)n[nH]1)NC1CCN(C(=O)C2CCCC2)C1. The van der Waals surface area contributed by atoms with Crippen LogP contribution in [0.4, 0.5) is 0 Å². The molecule has 1 aliphatic heterocycles. The quantitative estimate of drug-likeness (QED) is 0.451. The zero-order valence-corrected chi connectivity index (χ0v) is 18.9. The fourth-order valence-electron chi connectivity index (χ4n) is 4.41. The molecule has 4 rings (SSSR count). The molecule has 1 aromatic carbocycles. The molecule has 172 valence electrons. The minimum Gasteiger partial charge on any atom is -0.497 e. The summed E-state index contributed by atoms with van der Waals surface area (Å²) in [6, 6.07) is 7.85. The maximum absolute atomic E-state index is 12.7. The molecule has 1 atom stereocenters. The molecule has 2 aromatic rings. The lowest BCUT2D eigenvalue weighted by Crippen LogP contribution is -2.45. The molecule has 1 saturated carbocycles. The molecule has 0 bridgehead atoms. The highest BCUT2D eigenvalue weighted by molar-refractivity contribution is 5.81. The van der Waals surface area contributed by atoms with Crippen LogP contribution < -0.4 is 15.4 Å². The molecule has 3 N–H and O–H groups in total. The number of carbonyl (C=O) groups is 1. The summed E-state index contributed by atoms with van der Waals surface area (Å²) in [5, 5.41) is 14.0. The van der Waals surface area contributed by atoms with Crippen molar-refractivity contribution in [3.05, 3.63) is 30.1 Å². The van der Waals surface area contributed by atoms with Crippen molar-refractivity contribution in [1.82, 2.24) is 30.7 Å². The highest BCUT2D eigenvalue weighted by atomic mass is 16.5. The second-order valence-corrected chi connectivity index (χ2v) is 8.42. The van der Waals surface area contributed by atoms with Crippen LogP contribution in [0.5, 0.6) is 5.75 Å². The molecule has 9 nitrogen and oxygen atoms in total. The van der Waals surface area contributed by atoms with Crippen LogP contribution in [0.3, 0.4) is 0 Å². The van der Waals surface area contributed by atoms with E-state index >= 15 is 0 Å². The van der Waals surface area contributed by atoms with E-state index in [4.69, 9.17) is 4.74 Å². The minimum atomic E-state index is 0.211. The topological polar surface area (TPSA) is 108 Å². The van der Waals surface area contributed by atoms with Crippen molar-refractivity contribution in [2.45, 2.75) is 51.6 Å². The molecule has 9 heteroatoms. The average Bonchev–Trinajstić information content (AvgIpc) is 3.59. The first-order valence-corrected chi connectivity index (χ1v) is 11.6. The fourth-order valence-corrected chi connectivity index (χ4v) is 4.41. The van der Waals surface area contributed by atoms with E-state index in [9.17, 15) is 4.79 Å². The number of methoxy groups -OCH3 is 1. The molecule has 1 amide bonds. The van der Waals surface area contributed by atoms with Gasteiger partial charge in [0, 0.05) is 37.2 Å². The van der Waals surface area contributed by atoms with E-state index in [-0.39, 0.29) is 12.0 Å². The van der Waals surface area contributed by atoms with E-state index in [1.807, 2.05) is 36.1 Å². The largest absolute Gasteiger partial charge is 0.497 e. The van der Waals surface area contributed by atoms with Crippen LogP contribution in [0, 0.1) is 5.92 Å². The van der Waals surface area contributed by atoms with Crippen molar-refractivity contribution in [3.63, 3.8) is 0 Å². The summed E-state index contributed by atoms with van der Waals surface area (Å²) >= 11 is 0. The second-order valence-electron chi connectivity index (χ2n) is 8.42. The van der Waals surface area contributed by atoms with E-state index in [0.717, 1.165) is 56.2 Å². The van der Waals surface area contributed by atoms with E-state index in [2.05, 4.69) is 30.8 Å². The highest BCUT2D eigenvalue weighted by Gasteiger charge is 2.32. The number of carbonyl (C=O) groups excluding carboxylic acids is 1. The van der Waals surface area contributed by atoms with Crippen LogP contribution in [0.25, 0.3) is 11.4 Å². The van der Waals surface area contributed by atoms with Gasteiger partial charge in [0.15, 0.2) is 11.8 Å². The number of ether oxygens (including phenoxy) is 1. The number of likely N-dealkylation sites (tertiary alicyclic amines) is 1. The molecule has 2 fully saturated rings. The van der Waals surface area contributed by atoms with Crippen molar-refractivity contribution in [2.24, 2.45) is 10.9 Å². The lowest BCUT2D eigenvalue weighted by Gasteiger charge is -2.21. The Kier molecular flexibility index (Phi) is 7.24. The average molecular weight is 440 g/mol. The zero-order chi connectivity index (χ0) is 22.3. The Morgan fingerprint density at radius 2 is 2.03 bits per heavy atom. The summed E-state index contributed by atoms with van der Waals surface area (Å²) in [5.74, 6) is 3.43. The van der Waals surface area contributed by atoms with Gasteiger partial charge in [0.2, 0.25) is 5.91 Å². The number of aromatic nitrogens is 3. The van der Waals surface area contributed by atoms with Gasteiger partial charge in [-0.25, -0.2) is 9.98 Å². The Bertz CT molecular complexity index is 919. The van der Waals surface area contributed by atoms with Crippen LogP contribution in [0.1, 0.15) is 44.9 Å². The van der Waals surface area contributed by atoms with Crippen molar-refractivity contribution in [3.8, 4) is 17.1 Å². The molecule has 0 radical (unpaired) electrons. The Balaban J connectivity index is 1.33. The molecule has 1 aromatic heterocycles. The van der Waals surface area contributed by atoms with Crippen LogP contribution >= 0.6 is 0 Å². The molecule has 2 aliphatic rings.